The Kier molecular flexibility index (Phi) is 7.86. The molecule has 0 aromatic heterocycles. The van der Waals surface area contributed by atoms with Gasteiger partial charge in [-0.2, -0.15) is 0 Å². The van der Waals surface area contributed by atoms with Gasteiger partial charge in [-0.3, -0.25) is 4.99 Å². The monoisotopic (exact) mass is 415 g/mol. The van der Waals surface area contributed by atoms with Gasteiger partial charge in [-0.15, -0.1) is 0 Å². The standard InChI is InChI=1S/C27H29NO3/c1-3-9-23(10-4-1)27(24-11-5-2-6-12-24)28-16-14-22-8-7-13-25(20-22)30-17-15-26-21-29-18-19-31-26/h1-13,20,26H,14-19,21H2/t26-/m0/s1. The fourth-order valence-electron chi connectivity index (χ4n) is 3.64. The summed E-state index contributed by atoms with van der Waals surface area (Å²) in [5.41, 5.74) is 4.53. The number of nitrogens with zero attached hydrogens (tertiary/aromatic N) is 1. The minimum absolute atomic E-state index is 0.140. The normalized spacial score (nSPS) is 15.9. The fourth-order valence-corrected chi connectivity index (χ4v) is 3.64. The average Bonchev–Trinajstić information content (AvgIpc) is 2.84. The van der Waals surface area contributed by atoms with Crippen LogP contribution in [-0.4, -0.2) is 44.8 Å². The molecule has 4 nitrogen and oxygen atoms in total. The molecule has 0 spiro atoms. The van der Waals surface area contributed by atoms with Gasteiger partial charge in [-0.05, 0) is 24.1 Å². The summed E-state index contributed by atoms with van der Waals surface area (Å²) in [5, 5.41) is 0. The molecule has 0 unspecified atom stereocenters. The molecule has 1 fully saturated rings. The molecule has 1 saturated heterocycles. The molecule has 1 heterocycles. The zero-order valence-corrected chi connectivity index (χ0v) is 17.8. The molecule has 0 aliphatic carbocycles. The first kappa shape index (κ1) is 21.3. The molecular weight excluding hydrogens is 386 g/mol. The lowest BCUT2D eigenvalue weighted by atomic mass is 10.0. The minimum atomic E-state index is 0.140. The molecule has 0 radical (unpaired) electrons. The smallest absolute Gasteiger partial charge is 0.119 e. The van der Waals surface area contributed by atoms with E-state index in [1.165, 1.54) is 5.56 Å². The average molecular weight is 416 g/mol. The maximum absolute atomic E-state index is 5.94. The number of ether oxygens (including phenoxy) is 3. The van der Waals surface area contributed by atoms with Crippen molar-refractivity contribution in [2.75, 3.05) is 33.0 Å². The van der Waals surface area contributed by atoms with Crippen molar-refractivity contribution >= 4 is 5.71 Å². The summed E-state index contributed by atoms with van der Waals surface area (Å²) < 4.78 is 17.1. The van der Waals surface area contributed by atoms with Crippen LogP contribution in [0.15, 0.2) is 89.9 Å². The summed E-state index contributed by atoms with van der Waals surface area (Å²) in [6.07, 6.45) is 1.84. The van der Waals surface area contributed by atoms with Crippen molar-refractivity contribution in [1.29, 1.82) is 0 Å². The van der Waals surface area contributed by atoms with E-state index in [4.69, 9.17) is 19.2 Å². The van der Waals surface area contributed by atoms with E-state index in [0.29, 0.717) is 26.4 Å². The number of aliphatic imine (C=N–C) groups is 1. The number of rotatable bonds is 9. The van der Waals surface area contributed by atoms with Gasteiger partial charge in [-0.25, -0.2) is 0 Å². The Morgan fingerprint density at radius 1 is 0.871 bits per heavy atom. The minimum Gasteiger partial charge on any atom is -0.493 e. The van der Waals surface area contributed by atoms with Gasteiger partial charge in [0.05, 0.1) is 38.2 Å². The van der Waals surface area contributed by atoms with Crippen molar-refractivity contribution in [2.24, 2.45) is 4.99 Å². The van der Waals surface area contributed by atoms with Gasteiger partial charge < -0.3 is 14.2 Å². The Bertz CT molecular complexity index is 909. The van der Waals surface area contributed by atoms with E-state index < -0.39 is 0 Å². The number of benzene rings is 3. The number of hydrogen-bond donors (Lipinski definition) is 0. The highest BCUT2D eigenvalue weighted by molar-refractivity contribution is 6.12. The van der Waals surface area contributed by atoms with Gasteiger partial charge in [0.25, 0.3) is 0 Å². The molecule has 0 bridgehead atoms. The molecule has 160 valence electrons. The van der Waals surface area contributed by atoms with Crippen LogP contribution in [0.3, 0.4) is 0 Å². The second-order valence-corrected chi connectivity index (χ2v) is 7.56. The maximum atomic E-state index is 5.94. The van der Waals surface area contributed by atoms with Crippen LogP contribution in [-0.2, 0) is 15.9 Å². The molecule has 1 aliphatic heterocycles. The van der Waals surface area contributed by atoms with Gasteiger partial charge in [0.2, 0.25) is 0 Å². The van der Waals surface area contributed by atoms with Crippen molar-refractivity contribution in [2.45, 2.75) is 18.9 Å². The first-order chi connectivity index (χ1) is 15.4. The lowest BCUT2D eigenvalue weighted by Gasteiger charge is -2.22. The van der Waals surface area contributed by atoms with Crippen LogP contribution in [0.1, 0.15) is 23.1 Å². The van der Waals surface area contributed by atoms with E-state index in [2.05, 4.69) is 60.7 Å². The molecule has 0 N–H and O–H groups in total. The summed E-state index contributed by atoms with van der Waals surface area (Å²) in [4.78, 5) is 4.96. The highest BCUT2D eigenvalue weighted by Gasteiger charge is 2.14. The van der Waals surface area contributed by atoms with Gasteiger partial charge in [0, 0.05) is 24.1 Å². The zero-order valence-electron chi connectivity index (χ0n) is 17.8. The fraction of sp³-hybridized carbons (Fsp3) is 0.296. The Morgan fingerprint density at radius 3 is 2.29 bits per heavy atom. The van der Waals surface area contributed by atoms with E-state index in [1.54, 1.807) is 0 Å². The third-order valence-electron chi connectivity index (χ3n) is 5.26. The summed E-state index contributed by atoms with van der Waals surface area (Å²) in [6.45, 7) is 3.37. The Hall–Kier alpha value is -2.95. The molecule has 3 aromatic rings. The molecule has 1 aliphatic rings. The van der Waals surface area contributed by atoms with E-state index in [0.717, 1.165) is 42.0 Å². The van der Waals surface area contributed by atoms with Gasteiger partial charge >= 0.3 is 0 Å². The van der Waals surface area contributed by atoms with E-state index >= 15 is 0 Å². The molecule has 3 aromatic carbocycles. The highest BCUT2D eigenvalue weighted by atomic mass is 16.6. The van der Waals surface area contributed by atoms with Crippen molar-refractivity contribution in [1.82, 2.24) is 0 Å². The maximum Gasteiger partial charge on any atom is 0.119 e. The van der Waals surface area contributed by atoms with E-state index in [1.807, 2.05) is 24.3 Å². The third kappa shape index (κ3) is 6.51. The first-order valence-electron chi connectivity index (χ1n) is 10.9. The van der Waals surface area contributed by atoms with Crippen LogP contribution in [0.5, 0.6) is 5.75 Å². The predicted molar refractivity (Wildman–Crippen MR) is 124 cm³/mol. The second kappa shape index (κ2) is 11.4. The third-order valence-corrected chi connectivity index (χ3v) is 5.26. The van der Waals surface area contributed by atoms with Gasteiger partial charge in [0.1, 0.15) is 5.75 Å². The largest absolute Gasteiger partial charge is 0.493 e. The topological polar surface area (TPSA) is 40.0 Å². The predicted octanol–water partition coefficient (Wildman–Crippen LogP) is 4.95. The van der Waals surface area contributed by atoms with Crippen molar-refractivity contribution in [3.63, 3.8) is 0 Å². The van der Waals surface area contributed by atoms with Crippen LogP contribution in [0.25, 0.3) is 0 Å². The summed E-state index contributed by atoms with van der Waals surface area (Å²) in [6, 6.07) is 29.0. The molecule has 31 heavy (non-hydrogen) atoms. The lowest BCUT2D eigenvalue weighted by molar-refractivity contribution is -0.0935. The van der Waals surface area contributed by atoms with E-state index in [-0.39, 0.29) is 6.10 Å². The highest BCUT2D eigenvalue weighted by Crippen LogP contribution is 2.16. The van der Waals surface area contributed by atoms with Crippen molar-refractivity contribution in [3.05, 3.63) is 102 Å². The first-order valence-corrected chi connectivity index (χ1v) is 10.9. The second-order valence-electron chi connectivity index (χ2n) is 7.56. The van der Waals surface area contributed by atoms with Crippen LogP contribution >= 0.6 is 0 Å². The number of hydrogen-bond acceptors (Lipinski definition) is 4. The SMILES string of the molecule is c1ccc(C(=NCCc2cccc(OCC[C@H]3COCCO3)c2)c2ccccc2)cc1. The summed E-state index contributed by atoms with van der Waals surface area (Å²) >= 11 is 0. The van der Waals surface area contributed by atoms with Crippen LogP contribution < -0.4 is 4.74 Å². The Balaban J connectivity index is 1.36. The summed E-state index contributed by atoms with van der Waals surface area (Å²) in [7, 11) is 0. The molecule has 0 saturated carbocycles. The van der Waals surface area contributed by atoms with Crippen LogP contribution in [0.4, 0.5) is 0 Å². The lowest BCUT2D eigenvalue weighted by Crippen LogP contribution is -2.29. The quantitative estimate of drug-likeness (QED) is 0.464. The van der Waals surface area contributed by atoms with Crippen LogP contribution in [0, 0.1) is 0 Å². The van der Waals surface area contributed by atoms with Crippen molar-refractivity contribution < 1.29 is 14.2 Å². The Morgan fingerprint density at radius 2 is 1.61 bits per heavy atom. The van der Waals surface area contributed by atoms with Crippen molar-refractivity contribution in [3.8, 4) is 5.75 Å². The molecule has 0 amide bonds. The molecule has 4 rings (SSSR count). The molecule has 1 atom stereocenters. The molecular formula is C27H29NO3. The Labute approximate surface area is 184 Å². The summed E-state index contributed by atoms with van der Waals surface area (Å²) in [5.74, 6) is 0.893. The molecule has 4 heteroatoms. The van der Waals surface area contributed by atoms with Crippen LogP contribution in [0.2, 0.25) is 0 Å². The van der Waals surface area contributed by atoms with Gasteiger partial charge in [-0.1, -0.05) is 72.8 Å². The van der Waals surface area contributed by atoms with Gasteiger partial charge in [0.15, 0.2) is 0 Å². The van der Waals surface area contributed by atoms with E-state index in [9.17, 15) is 0 Å². The zero-order chi connectivity index (χ0) is 21.1.